The van der Waals surface area contributed by atoms with Gasteiger partial charge < -0.3 is 34.7 Å². The van der Waals surface area contributed by atoms with E-state index in [0.29, 0.717) is 44.0 Å². The van der Waals surface area contributed by atoms with E-state index < -0.39 is 41.3 Å². The van der Waals surface area contributed by atoms with Crippen LogP contribution in [0.3, 0.4) is 0 Å². The Balaban J connectivity index is 1.21. The van der Waals surface area contributed by atoms with Gasteiger partial charge in [-0.3, -0.25) is 29.2 Å². The molecular weight excluding hydrogens is 811 g/mol. The zero-order valence-corrected chi connectivity index (χ0v) is 38.6. The minimum atomic E-state index is -1.10. The number of phenols is 1. The number of phenolic OH excluding ortho intramolecular Hbond substituents is 1. The van der Waals surface area contributed by atoms with Gasteiger partial charge in [-0.25, -0.2) is 5.43 Å². The molecule has 4 N–H and O–H groups in total. The number of benzene rings is 2. The second kappa shape index (κ2) is 18.3. The summed E-state index contributed by atoms with van der Waals surface area (Å²) in [7, 11) is 3.37. The lowest BCUT2D eigenvalue weighted by molar-refractivity contribution is -0.155. The van der Waals surface area contributed by atoms with Crippen molar-refractivity contribution in [2.45, 2.75) is 117 Å². The topological polar surface area (TPSA) is 167 Å². The fourth-order valence-electron chi connectivity index (χ4n) is 10.8. The van der Waals surface area contributed by atoms with Crippen LogP contribution in [-0.4, -0.2) is 106 Å². The Labute approximate surface area is 376 Å². The van der Waals surface area contributed by atoms with Crippen LogP contribution < -0.4 is 16.1 Å². The van der Waals surface area contributed by atoms with E-state index in [-0.39, 0.29) is 48.5 Å². The zero-order chi connectivity index (χ0) is 45.6. The summed E-state index contributed by atoms with van der Waals surface area (Å²) >= 11 is 0. The summed E-state index contributed by atoms with van der Waals surface area (Å²) in [5, 5.41) is 20.3. The van der Waals surface area contributed by atoms with Crippen molar-refractivity contribution < 1.29 is 33.8 Å². The molecule has 14 heteroatoms. The van der Waals surface area contributed by atoms with Crippen LogP contribution in [0, 0.1) is 23.2 Å². The molecule has 2 aromatic heterocycles. The normalized spacial score (nSPS) is 24.3. The number of fused-ring (bicyclic) bond motifs is 8. The Morgan fingerprint density at radius 3 is 2.59 bits per heavy atom. The van der Waals surface area contributed by atoms with Gasteiger partial charge in [-0.2, -0.15) is 0 Å². The highest BCUT2D eigenvalue weighted by molar-refractivity contribution is 5.96. The van der Waals surface area contributed by atoms with Crippen LogP contribution in [0.25, 0.3) is 33.3 Å². The van der Waals surface area contributed by atoms with E-state index in [4.69, 9.17) is 14.5 Å². The van der Waals surface area contributed by atoms with Crippen LogP contribution in [-0.2, 0) is 48.0 Å². The maximum absolute atomic E-state index is 14.7. The van der Waals surface area contributed by atoms with E-state index in [1.54, 1.807) is 37.4 Å². The summed E-state index contributed by atoms with van der Waals surface area (Å²) in [6.07, 6.45) is 4.83. The molecule has 1 saturated carbocycles. The maximum atomic E-state index is 14.7. The largest absolute Gasteiger partial charge is 0.508 e. The molecule has 8 rings (SSSR count). The van der Waals surface area contributed by atoms with Crippen molar-refractivity contribution in [3.63, 3.8) is 0 Å². The fourth-order valence-corrected chi connectivity index (χ4v) is 10.8. The zero-order valence-electron chi connectivity index (χ0n) is 38.6. The minimum absolute atomic E-state index is 0.0194. The number of cyclic esters (lactones) is 1. The van der Waals surface area contributed by atoms with E-state index in [1.165, 1.54) is 5.01 Å². The molecule has 342 valence electrons. The average Bonchev–Trinajstić information content (AvgIpc) is 4.00. The highest BCUT2D eigenvalue weighted by Crippen LogP contribution is 2.43. The molecule has 4 aliphatic rings. The molecule has 1 aliphatic carbocycles. The van der Waals surface area contributed by atoms with Crippen LogP contribution in [0.4, 0.5) is 0 Å². The fraction of sp³-hybridized carbons (Fsp3) is 0.540. The molecule has 5 heterocycles. The molecule has 7 atom stereocenters. The highest BCUT2D eigenvalue weighted by Gasteiger charge is 2.46. The molecule has 4 aromatic rings. The Bertz CT molecular complexity index is 2430. The molecule has 2 aromatic carbocycles. The molecule has 8 bridgehead atoms. The predicted octanol–water partition coefficient (Wildman–Crippen LogP) is 5.93. The average molecular weight is 876 g/mol. The Kier molecular flexibility index (Phi) is 12.9. The van der Waals surface area contributed by atoms with Crippen LogP contribution in [0.5, 0.6) is 5.75 Å². The number of piperidine rings is 1. The number of hydrazine groups is 1. The third kappa shape index (κ3) is 8.88. The third-order valence-electron chi connectivity index (χ3n) is 14.0. The molecular formula is C50H65N7O7. The number of aromatic nitrogens is 2. The standard InChI is InChI=1S/C50H65N7O7/c1-9-56-42-15-14-31-23-38(42)39(45(56)36-12-10-16-51-43(36)29(4)63-8)25-50(5,6)27-64-49(62)40-13-11-17-57(54-40)48(61)41(20-30-18-32(31)22-35(58)19-30)53-46(59)44(28(2)3)55(7)47(60)37-24-34-21-33(37)26-52-34/h10,12,14-16,18-19,22-23,28-29,33-34,37,40-41,44,52,54,58H,9,11,13,17,20-21,24-27H2,1-8H3,(H,53,59)/t29-,33?,34?,37?,40-,41-,44?/m0/s1. The quantitative estimate of drug-likeness (QED) is 0.148. The number of aryl methyl sites for hydroxylation is 1. The Hall–Kier alpha value is -5.31. The Morgan fingerprint density at radius 1 is 1.09 bits per heavy atom. The van der Waals surface area contributed by atoms with Crippen molar-refractivity contribution in [1.82, 2.24) is 35.5 Å². The van der Waals surface area contributed by atoms with Crippen LogP contribution in [0.15, 0.2) is 54.7 Å². The van der Waals surface area contributed by atoms with E-state index in [2.05, 4.69) is 59.6 Å². The van der Waals surface area contributed by atoms with Crippen molar-refractivity contribution in [3.8, 4) is 28.1 Å². The van der Waals surface area contributed by atoms with Gasteiger partial charge in [-0.05, 0) is 123 Å². The predicted molar refractivity (Wildman–Crippen MR) is 245 cm³/mol. The molecule has 0 spiro atoms. The van der Waals surface area contributed by atoms with E-state index in [0.717, 1.165) is 63.9 Å². The number of aromatic hydroxyl groups is 1. The lowest BCUT2D eigenvalue weighted by Gasteiger charge is -2.37. The van der Waals surface area contributed by atoms with Crippen LogP contribution in [0.1, 0.15) is 90.2 Å². The number of likely N-dealkylation sites (N-methyl/N-ethyl adjacent to an activating group) is 1. The summed E-state index contributed by atoms with van der Waals surface area (Å²) in [5.74, 6) is -1.50. The maximum Gasteiger partial charge on any atom is 0.324 e. The molecule has 3 fully saturated rings. The first kappa shape index (κ1) is 45.3. The van der Waals surface area contributed by atoms with Gasteiger partial charge in [0.1, 0.15) is 23.9 Å². The van der Waals surface area contributed by atoms with Crippen molar-refractivity contribution in [3.05, 3.63) is 71.5 Å². The van der Waals surface area contributed by atoms with Crippen molar-refractivity contribution in [1.29, 1.82) is 0 Å². The molecule has 2 saturated heterocycles. The van der Waals surface area contributed by atoms with Gasteiger partial charge in [-0.15, -0.1) is 0 Å². The van der Waals surface area contributed by atoms with Gasteiger partial charge in [0.15, 0.2) is 0 Å². The van der Waals surface area contributed by atoms with E-state index in [9.17, 15) is 24.3 Å². The number of hydrogen-bond acceptors (Lipinski definition) is 10. The number of esters is 1. The number of nitrogens with one attached hydrogen (secondary N) is 3. The van der Waals surface area contributed by atoms with Gasteiger partial charge in [-0.1, -0.05) is 39.8 Å². The SMILES string of the molecule is CCn1c(-c2cccnc2[C@H](C)OC)c2c3cc(ccc31)-c1cc(O)cc(c1)C[C@H](NC(=O)C(C(C)C)N(C)C(=O)C1CC3CC1CN3)C(=O)N1CCC[C@H](N1)C(=O)OCC(C)(C)C2. The van der Waals surface area contributed by atoms with E-state index in [1.807, 2.05) is 39.0 Å². The van der Waals surface area contributed by atoms with Crippen LogP contribution in [0.2, 0.25) is 0 Å². The number of methoxy groups -OCH3 is 1. The molecule has 0 radical (unpaired) electrons. The highest BCUT2D eigenvalue weighted by atomic mass is 16.5. The number of pyridine rings is 1. The lowest BCUT2D eigenvalue weighted by Crippen LogP contribution is -2.62. The van der Waals surface area contributed by atoms with Crippen LogP contribution >= 0.6 is 0 Å². The summed E-state index contributed by atoms with van der Waals surface area (Å²) in [5.41, 5.74) is 9.77. The first-order valence-corrected chi connectivity index (χ1v) is 23.1. The number of amides is 3. The number of carbonyl (C=O) groups is 4. The van der Waals surface area contributed by atoms with Gasteiger partial charge in [0.2, 0.25) is 11.8 Å². The van der Waals surface area contributed by atoms with Gasteiger partial charge in [0, 0.05) is 73.7 Å². The molecule has 4 unspecified atom stereocenters. The molecule has 14 nitrogen and oxygen atoms in total. The molecule has 64 heavy (non-hydrogen) atoms. The summed E-state index contributed by atoms with van der Waals surface area (Å²) in [6.45, 7) is 14.0. The number of carbonyl (C=O) groups excluding carboxylic acids is 4. The summed E-state index contributed by atoms with van der Waals surface area (Å²) in [4.78, 5) is 63.5. The number of rotatable bonds is 9. The smallest absolute Gasteiger partial charge is 0.324 e. The Morgan fingerprint density at radius 2 is 1.89 bits per heavy atom. The number of ether oxygens (including phenoxy) is 2. The first-order valence-electron chi connectivity index (χ1n) is 23.1. The summed E-state index contributed by atoms with van der Waals surface area (Å²) in [6, 6.07) is 13.2. The van der Waals surface area contributed by atoms with Gasteiger partial charge >= 0.3 is 5.97 Å². The van der Waals surface area contributed by atoms with Crippen molar-refractivity contribution >= 4 is 34.6 Å². The number of hydrogen-bond donors (Lipinski definition) is 4. The monoisotopic (exact) mass is 875 g/mol. The minimum Gasteiger partial charge on any atom is -0.508 e. The second-order valence-electron chi connectivity index (χ2n) is 19.6. The molecule has 3 aliphatic heterocycles. The second-order valence-corrected chi connectivity index (χ2v) is 19.6. The van der Waals surface area contributed by atoms with E-state index >= 15 is 0 Å². The van der Waals surface area contributed by atoms with Crippen molar-refractivity contribution in [2.24, 2.45) is 23.2 Å². The lowest BCUT2D eigenvalue weighted by atomic mass is 9.84. The third-order valence-corrected chi connectivity index (χ3v) is 14.0. The first-order chi connectivity index (χ1) is 30.6. The van der Waals surface area contributed by atoms with Crippen molar-refractivity contribution in [2.75, 3.05) is 33.9 Å². The molecule has 3 amide bonds. The van der Waals surface area contributed by atoms with Gasteiger partial charge in [0.05, 0.1) is 24.1 Å². The number of nitrogens with zero attached hydrogens (tertiary/aromatic N) is 4. The van der Waals surface area contributed by atoms with Gasteiger partial charge in [0.25, 0.3) is 5.91 Å². The summed E-state index contributed by atoms with van der Waals surface area (Å²) < 4.78 is 14.2.